The number of fused-ring (bicyclic) bond motifs is 1. The molecule has 2 aliphatic heterocycles. The van der Waals surface area contributed by atoms with Gasteiger partial charge < -0.3 is 14.4 Å². The van der Waals surface area contributed by atoms with Gasteiger partial charge in [-0.2, -0.15) is 20.1 Å². The summed E-state index contributed by atoms with van der Waals surface area (Å²) in [6, 6.07) is 16.4. The van der Waals surface area contributed by atoms with Crippen LogP contribution in [0.3, 0.4) is 0 Å². The zero-order chi connectivity index (χ0) is 25.2. The Morgan fingerprint density at radius 2 is 1.49 bits per heavy atom. The van der Waals surface area contributed by atoms with Crippen LogP contribution >= 0.6 is 11.6 Å². The van der Waals surface area contributed by atoms with Crippen molar-refractivity contribution < 1.29 is 0 Å². The lowest BCUT2D eigenvalue weighted by Crippen LogP contribution is -2.25. The number of nitrogens with zero attached hydrogens (tertiary/aromatic N) is 7. The summed E-state index contributed by atoms with van der Waals surface area (Å²) in [6.07, 6.45) is 6.55. The lowest BCUT2D eigenvalue weighted by atomic mass is 10.1. The van der Waals surface area contributed by atoms with Gasteiger partial charge in [0.15, 0.2) is 0 Å². The van der Waals surface area contributed by atoms with Crippen LogP contribution in [0.4, 0.5) is 17.8 Å². The van der Waals surface area contributed by atoms with Crippen LogP contribution in [0.25, 0.3) is 10.9 Å². The maximum Gasteiger partial charge on any atom is 0.250 e. The summed E-state index contributed by atoms with van der Waals surface area (Å²) in [6.45, 7) is 6.75. The average Bonchev–Trinajstić information content (AvgIpc) is 3.69. The highest BCUT2D eigenvalue weighted by Crippen LogP contribution is 2.28. The normalized spacial score (nSPS) is 15.9. The summed E-state index contributed by atoms with van der Waals surface area (Å²) >= 11 is 6.48. The van der Waals surface area contributed by atoms with Gasteiger partial charge in [0.25, 0.3) is 0 Å². The molecule has 0 amide bonds. The van der Waals surface area contributed by atoms with Crippen molar-refractivity contribution in [2.45, 2.75) is 39.2 Å². The molecule has 0 atom stereocenters. The third kappa shape index (κ3) is 4.85. The number of aromatic nitrogens is 4. The monoisotopic (exact) mass is 514 g/mol. The second-order valence-electron chi connectivity index (χ2n) is 9.71. The quantitative estimate of drug-likeness (QED) is 0.260. The van der Waals surface area contributed by atoms with E-state index in [1.807, 2.05) is 24.4 Å². The zero-order valence-corrected chi connectivity index (χ0v) is 21.8. The summed E-state index contributed by atoms with van der Waals surface area (Å²) in [7, 11) is 0. The number of benzene rings is 2. The van der Waals surface area contributed by atoms with Gasteiger partial charge in [0.05, 0.1) is 6.21 Å². The van der Waals surface area contributed by atoms with Crippen LogP contribution in [0.15, 0.2) is 53.6 Å². The molecule has 2 aromatic carbocycles. The molecule has 0 bridgehead atoms. The van der Waals surface area contributed by atoms with Gasteiger partial charge in [-0.1, -0.05) is 48.0 Å². The third-order valence-electron chi connectivity index (χ3n) is 7.31. The van der Waals surface area contributed by atoms with Crippen LogP contribution in [0.2, 0.25) is 5.02 Å². The highest BCUT2D eigenvalue weighted by atomic mass is 35.5. The first-order valence-electron chi connectivity index (χ1n) is 13.0. The van der Waals surface area contributed by atoms with E-state index in [1.165, 1.54) is 25.7 Å². The third-order valence-corrected chi connectivity index (χ3v) is 7.68. The molecule has 6 rings (SSSR count). The summed E-state index contributed by atoms with van der Waals surface area (Å²) in [5.41, 5.74) is 7.52. The average molecular weight is 515 g/mol. The van der Waals surface area contributed by atoms with Crippen molar-refractivity contribution in [1.29, 1.82) is 0 Å². The van der Waals surface area contributed by atoms with Crippen molar-refractivity contribution in [3.8, 4) is 0 Å². The predicted molar refractivity (Wildman–Crippen MR) is 151 cm³/mol. The van der Waals surface area contributed by atoms with E-state index in [2.05, 4.69) is 62.1 Å². The molecular weight excluding hydrogens is 484 g/mol. The fourth-order valence-corrected chi connectivity index (χ4v) is 5.49. The van der Waals surface area contributed by atoms with E-state index in [4.69, 9.17) is 26.6 Å². The molecule has 190 valence electrons. The molecule has 2 aliphatic rings. The number of para-hydroxylation sites is 1. The molecule has 2 aromatic heterocycles. The molecule has 0 unspecified atom stereocenters. The van der Waals surface area contributed by atoms with Crippen LogP contribution in [-0.4, -0.2) is 51.9 Å². The number of anilines is 3. The van der Waals surface area contributed by atoms with Crippen LogP contribution in [0.5, 0.6) is 0 Å². The summed E-state index contributed by atoms with van der Waals surface area (Å²) in [5, 5.41) is 6.51. The highest BCUT2D eigenvalue weighted by Gasteiger charge is 2.21. The van der Waals surface area contributed by atoms with E-state index in [0.29, 0.717) is 12.5 Å². The Morgan fingerprint density at radius 1 is 0.865 bits per heavy atom. The Morgan fingerprint density at radius 3 is 2.16 bits per heavy atom. The van der Waals surface area contributed by atoms with Gasteiger partial charge in [-0.25, -0.2) is 5.43 Å². The molecule has 0 saturated carbocycles. The molecule has 2 fully saturated rings. The van der Waals surface area contributed by atoms with Gasteiger partial charge in [-0.15, -0.1) is 0 Å². The van der Waals surface area contributed by atoms with Gasteiger partial charge in [0.2, 0.25) is 17.8 Å². The Balaban J connectivity index is 1.30. The fraction of sp³-hybridized carbons (Fsp3) is 0.357. The Hall–Kier alpha value is -3.65. The van der Waals surface area contributed by atoms with Crippen molar-refractivity contribution >= 4 is 46.6 Å². The minimum atomic E-state index is 0.479. The lowest BCUT2D eigenvalue weighted by Gasteiger charge is -2.20. The van der Waals surface area contributed by atoms with Crippen molar-refractivity contribution in [3.05, 3.63) is 70.4 Å². The number of hydrogen-bond donors (Lipinski definition) is 1. The summed E-state index contributed by atoms with van der Waals surface area (Å²) in [5.74, 6) is 1.95. The van der Waals surface area contributed by atoms with E-state index >= 15 is 0 Å². The molecule has 1 N–H and O–H groups in total. The van der Waals surface area contributed by atoms with Crippen LogP contribution in [0.1, 0.15) is 42.5 Å². The smallest absolute Gasteiger partial charge is 0.250 e. The lowest BCUT2D eigenvalue weighted by molar-refractivity contribution is 0.804. The Labute approximate surface area is 222 Å². The Bertz CT molecular complexity index is 1400. The summed E-state index contributed by atoms with van der Waals surface area (Å²) < 4.78 is 2.29. The minimum absolute atomic E-state index is 0.479. The van der Waals surface area contributed by atoms with Crippen molar-refractivity contribution in [2.24, 2.45) is 5.10 Å². The molecule has 0 aliphatic carbocycles. The van der Waals surface area contributed by atoms with Gasteiger partial charge in [0.1, 0.15) is 0 Å². The summed E-state index contributed by atoms with van der Waals surface area (Å²) in [4.78, 5) is 18.7. The van der Waals surface area contributed by atoms with Crippen LogP contribution in [0, 0.1) is 6.92 Å². The standard InChI is InChI=1S/C28H31ClN8/c1-20-23(22-11-3-5-13-25(22)37(20)19-21-10-2-4-12-24(21)29)18-30-34-26-31-27(35-14-6-7-15-35)33-28(32-26)36-16-8-9-17-36/h2-5,10-13,18H,6-9,14-17,19H2,1H3,(H,31,32,33,34)/b30-18+. The molecular formula is C28H31ClN8. The second kappa shape index (κ2) is 10.4. The molecule has 0 spiro atoms. The molecule has 37 heavy (non-hydrogen) atoms. The second-order valence-corrected chi connectivity index (χ2v) is 10.1. The zero-order valence-electron chi connectivity index (χ0n) is 21.1. The van der Waals surface area contributed by atoms with E-state index in [1.54, 1.807) is 0 Å². The van der Waals surface area contributed by atoms with E-state index < -0.39 is 0 Å². The van der Waals surface area contributed by atoms with Crippen molar-refractivity contribution in [2.75, 3.05) is 41.4 Å². The largest absolute Gasteiger partial charge is 0.341 e. The molecule has 0 radical (unpaired) electrons. The fourth-order valence-electron chi connectivity index (χ4n) is 5.30. The molecule has 4 aromatic rings. The molecule has 9 heteroatoms. The van der Waals surface area contributed by atoms with Gasteiger partial charge >= 0.3 is 0 Å². The maximum atomic E-state index is 6.48. The maximum absolute atomic E-state index is 6.48. The predicted octanol–water partition coefficient (Wildman–Crippen LogP) is 5.48. The first-order chi connectivity index (χ1) is 18.2. The van der Waals surface area contributed by atoms with Crippen LogP contribution < -0.4 is 15.2 Å². The first-order valence-corrected chi connectivity index (χ1v) is 13.4. The van der Waals surface area contributed by atoms with Crippen molar-refractivity contribution in [1.82, 2.24) is 19.5 Å². The minimum Gasteiger partial charge on any atom is -0.341 e. The molecule has 4 heterocycles. The van der Waals surface area contributed by atoms with E-state index in [0.717, 1.165) is 70.8 Å². The van der Waals surface area contributed by atoms with E-state index in [9.17, 15) is 0 Å². The number of nitrogens with one attached hydrogen (secondary N) is 1. The first kappa shape index (κ1) is 23.7. The highest BCUT2D eigenvalue weighted by molar-refractivity contribution is 6.31. The van der Waals surface area contributed by atoms with E-state index in [-0.39, 0.29) is 0 Å². The number of hydrogen-bond acceptors (Lipinski definition) is 7. The number of rotatable bonds is 7. The van der Waals surface area contributed by atoms with Gasteiger partial charge in [0, 0.05) is 59.9 Å². The number of hydrazone groups is 1. The topological polar surface area (TPSA) is 74.5 Å². The Kier molecular flexibility index (Phi) is 6.66. The van der Waals surface area contributed by atoms with Gasteiger partial charge in [-0.3, -0.25) is 0 Å². The van der Waals surface area contributed by atoms with Gasteiger partial charge in [-0.05, 0) is 50.3 Å². The SMILES string of the molecule is Cc1c(/C=N/Nc2nc(N3CCCC3)nc(N3CCCC3)n2)c2ccccc2n1Cc1ccccc1Cl. The van der Waals surface area contributed by atoms with Crippen molar-refractivity contribution in [3.63, 3.8) is 0 Å². The van der Waals surface area contributed by atoms with Crippen LogP contribution in [-0.2, 0) is 6.54 Å². The molecule has 8 nitrogen and oxygen atoms in total. The number of halogens is 1. The molecule has 2 saturated heterocycles.